The Bertz CT molecular complexity index is 1470. The van der Waals surface area contributed by atoms with Gasteiger partial charge in [0.2, 0.25) is 0 Å². The van der Waals surface area contributed by atoms with Gasteiger partial charge in [0.1, 0.15) is 5.52 Å². The summed E-state index contributed by atoms with van der Waals surface area (Å²) < 4.78 is 49.7. The number of rotatable bonds is 7. The van der Waals surface area contributed by atoms with E-state index in [9.17, 15) is 18.0 Å². The highest BCUT2D eigenvalue weighted by atomic mass is 19.4. The van der Waals surface area contributed by atoms with Crippen LogP contribution in [0.25, 0.3) is 33.2 Å². The molecule has 1 fully saturated rings. The molecular formula is C26H29F3N6O2. The molecule has 37 heavy (non-hydrogen) atoms. The van der Waals surface area contributed by atoms with Crippen LogP contribution < -0.4 is 5.69 Å². The average Bonchev–Trinajstić information content (AvgIpc) is 3.47. The van der Waals surface area contributed by atoms with Gasteiger partial charge in [0.25, 0.3) is 0 Å². The van der Waals surface area contributed by atoms with Gasteiger partial charge in [-0.1, -0.05) is 12.1 Å². The maximum atomic E-state index is 13.8. The van der Waals surface area contributed by atoms with Crippen molar-refractivity contribution < 1.29 is 17.9 Å². The smallest absolute Gasteiger partial charge is 0.361 e. The standard InChI is InChI=1S/C26H29F3N6O2/c1-16(2)35-22-19-14-17(6-8-20(19)31-32-24(22)33(3)25(35)36)18-7-9-21(30-15-18)23(26(27,28)29)37-13-12-34-10-4-5-11-34/h6-9,14-16,23H,4-5,10-13H2,1-3H3. The lowest BCUT2D eigenvalue weighted by Gasteiger charge is -2.22. The number of pyridine rings is 1. The molecule has 0 amide bonds. The van der Waals surface area contributed by atoms with Gasteiger partial charge in [0.05, 0.1) is 17.8 Å². The fourth-order valence-corrected chi connectivity index (χ4v) is 4.94. The van der Waals surface area contributed by atoms with Gasteiger partial charge in [-0.05, 0) is 63.5 Å². The molecule has 8 nitrogen and oxygen atoms in total. The summed E-state index contributed by atoms with van der Waals surface area (Å²) in [4.78, 5) is 19.0. The van der Waals surface area contributed by atoms with Gasteiger partial charge in [-0.25, -0.2) is 4.79 Å². The van der Waals surface area contributed by atoms with E-state index in [-0.39, 0.29) is 24.0 Å². The van der Waals surface area contributed by atoms with E-state index in [1.165, 1.54) is 16.8 Å². The lowest BCUT2D eigenvalue weighted by molar-refractivity contribution is -0.225. The summed E-state index contributed by atoms with van der Waals surface area (Å²) in [5.41, 5.74) is 2.77. The van der Waals surface area contributed by atoms with Crippen molar-refractivity contribution in [2.45, 2.75) is 45.0 Å². The molecule has 0 bridgehead atoms. The largest absolute Gasteiger partial charge is 0.420 e. The van der Waals surface area contributed by atoms with Crippen molar-refractivity contribution in [3.8, 4) is 11.1 Å². The Kier molecular flexibility index (Phi) is 6.76. The Morgan fingerprint density at radius 2 is 1.78 bits per heavy atom. The van der Waals surface area contributed by atoms with E-state index in [1.807, 2.05) is 26.0 Å². The van der Waals surface area contributed by atoms with E-state index in [0.717, 1.165) is 36.9 Å². The van der Waals surface area contributed by atoms with Crippen LogP contribution in [0.3, 0.4) is 0 Å². The molecule has 196 valence electrons. The first-order valence-corrected chi connectivity index (χ1v) is 12.4. The van der Waals surface area contributed by atoms with Crippen molar-refractivity contribution in [1.29, 1.82) is 0 Å². The molecule has 0 N–H and O–H groups in total. The van der Waals surface area contributed by atoms with Crippen LogP contribution in [0.15, 0.2) is 41.3 Å². The molecule has 1 aromatic carbocycles. The number of nitrogens with zero attached hydrogens (tertiary/aromatic N) is 6. The van der Waals surface area contributed by atoms with Crippen LogP contribution in [0, 0.1) is 0 Å². The minimum absolute atomic E-state index is 0.00997. The highest BCUT2D eigenvalue weighted by Crippen LogP contribution is 2.36. The van der Waals surface area contributed by atoms with Crippen molar-refractivity contribution in [2.75, 3.05) is 26.2 Å². The van der Waals surface area contributed by atoms with Crippen molar-refractivity contribution in [2.24, 2.45) is 7.05 Å². The summed E-state index contributed by atoms with van der Waals surface area (Å²) in [6.07, 6.45) is -3.09. The molecule has 0 spiro atoms. The molecule has 1 atom stereocenters. The number of hydrogen-bond acceptors (Lipinski definition) is 6. The first-order valence-electron chi connectivity index (χ1n) is 12.4. The lowest BCUT2D eigenvalue weighted by atomic mass is 10.0. The minimum atomic E-state index is -4.57. The summed E-state index contributed by atoms with van der Waals surface area (Å²) in [5.74, 6) is 0. The van der Waals surface area contributed by atoms with Crippen LogP contribution in [0.2, 0.25) is 0 Å². The van der Waals surface area contributed by atoms with Crippen LogP contribution in [-0.4, -0.2) is 61.6 Å². The zero-order chi connectivity index (χ0) is 26.3. The van der Waals surface area contributed by atoms with Crippen LogP contribution in [0.4, 0.5) is 13.2 Å². The first-order chi connectivity index (χ1) is 17.6. The van der Waals surface area contributed by atoms with E-state index in [1.54, 1.807) is 23.7 Å². The van der Waals surface area contributed by atoms with Crippen molar-refractivity contribution in [3.05, 3.63) is 52.7 Å². The third-order valence-electron chi connectivity index (χ3n) is 6.86. The Morgan fingerprint density at radius 1 is 1.05 bits per heavy atom. The number of benzene rings is 1. The summed E-state index contributed by atoms with van der Waals surface area (Å²) in [6.45, 7) is 6.09. The summed E-state index contributed by atoms with van der Waals surface area (Å²) in [6, 6.07) is 8.34. The molecule has 0 saturated carbocycles. The molecule has 0 radical (unpaired) electrons. The highest BCUT2D eigenvalue weighted by molar-refractivity contribution is 6.02. The topological polar surface area (TPSA) is 78.1 Å². The molecule has 1 aliphatic heterocycles. The number of fused-ring (bicyclic) bond motifs is 3. The SMILES string of the molecule is CC(C)n1c(=O)n(C)c2nnc3ccc(-c4ccc(C(OCCN5CCCC5)C(F)(F)F)nc4)cc3c21. The molecular weight excluding hydrogens is 485 g/mol. The Balaban J connectivity index is 1.46. The second kappa shape index (κ2) is 9.86. The first kappa shape index (κ1) is 25.3. The fourth-order valence-electron chi connectivity index (χ4n) is 4.94. The molecule has 5 rings (SSSR count). The number of imidazole rings is 1. The molecule has 1 aliphatic rings. The molecule has 4 aromatic rings. The molecule has 11 heteroatoms. The van der Waals surface area contributed by atoms with Gasteiger partial charge in [-0.15, -0.1) is 10.2 Å². The summed E-state index contributed by atoms with van der Waals surface area (Å²) in [7, 11) is 1.65. The predicted molar refractivity (Wildman–Crippen MR) is 134 cm³/mol. The summed E-state index contributed by atoms with van der Waals surface area (Å²) in [5, 5.41) is 9.22. The summed E-state index contributed by atoms with van der Waals surface area (Å²) >= 11 is 0. The fraction of sp³-hybridized carbons (Fsp3) is 0.462. The van der Waals surface area contributed by atoms with Crippen LogP contribution >= 0.6 is 0 Å². The van der Waals surface area contributed by atoms with Crippen molar-refractivity contribution >= 4 is 22.1 Å². The second-order valence-electron chi connectivity index (χ2n) is 9.72. The van der Waals surface area contributed by atoms with E-state index in [2.05, 4.69) is 20.1 Å². The predicted octanol–water partition coefficient (Wildman–Crippen LogP) is 4.64. The van der Waals surface area contributed by atoms with E-state index in [4.69, 9.17) is 4.74 Å². The maximum absolute atomic E-state index is 13.8. The van der Waals surface area contributed by atoms with Gasteiger partial charge in [-0.3, -0.25) is 14.1 Å². The Morgan fingerprint density at radius 3 is 2.43 bits per heavy atom. The number of likely N-dealkylation sites (tertiary alicyclic amines) is 1. The number of alkyl halides is 3. The van der Waals surface area contributed by atoms with Gasteiger partial charge < -0.3 is 9.64 Å². The third-order valence-corrected chi connectivity index (χ3v) is 6.86. The zero-order valence-electron chi connectivity index (χ0n) is 21.0. The van der Waals surface area contributed by atoms with Gasteiger partial charge in [0.15, 0.2) is 11.8 Å². The number of aromatic nitrogens is 5. The maximum Gasteiger partial charge on any atom is 0.420 e. The second-order valence-corrected chi connectivity index (χ2v) is 9.72. The molecule has 3 aromatic heterocycles. The van der Waals surface area contributed by atoms with E-state index in [0.29, 0.717) is 28.8 Å². The van der Waals surface area contributed by atoms with Gasteiger partial charge in [-0.2, -0.15) is 13.2 Å². The Hall–Kier alpha value is -3.31. The van der Waals surface area contributed by atoms with Crippen LogP contribution in [0.1, 0.15) is 44.5 Å². The van der Waals surface area contributed by atoms with Crippen molar-refractivity contribution in [1.82, 2.24) is 29.2 Å². The van der Waals surface area contributed by atoms with Crippen LogP contribution in [0.5, 0.6) is 0 Å². The monoisotopic (exact) mass is 514 g/mol. The molecule has 1 unspecified atom stereocenters. The normalized spacial score (nSPS) is 15.9. The zero-order valence-corrected chi connectivity index (χ0v) is 21.0. The quantitative estimate of drug-likeness (QED) is 0.358. The van der Waals surface area contributed by atoms with E-state index < -0.39 is 12.3 Å². The third kappa shape index (κ3) is 4.85. The molecule has 0 aliphatic carbocycles. The van der Waals surface area contributed by atoms with Gasteiger partial charge in [0, 0.05) is 36.8 Å². The average molecular weight is 515 g/mol. The number of hydrogen-bond donors (Lipinski definition) is 0. The Labute approximate surface area is 211 Å². The highest BCUT2D eigenvalue weighted by Gasteiger charge is 2.43. The molecule has 1 saturated heterocycles. The van der Waals surface area contributed by atoms with Crippen LogP contribution in [-0.2, 0) is 11.8 Å². The number of ether oxygens (including phenoxy) is 1. The van der Waals surface area contributed by atoms with Crippen molar-refractivity contribution in [3.63, 3.8) is 0 Å². The number of aryl methyl sites for hydroxylation is 1. The number of halogens is 3. The lowest BCUT2D eigenvalue weighted by Crippen LogP contribution is -2.29. The van der Waals surface area contributed by atoms with Gasteiger partial charge >= 0.3 is 11.9 Å². The minimum Gasteiger partial charge on any atom is -0.361 e. The van der Waals surface area contributed by atoms with E-state index >= 15 is 0 Å². The molecule has 4 heterocycles.